The van der Waals surface area contributed by atoms with Crippen LogP contribution in [0, 0.1) is 0 Å². The predicted octanol–water partition coefficient (Wildman–Crippen LogP) is 4.84. The van der Waals surface area contributed by atoms with Gasteiger partial charge in [-0.3, -0.25) is 0 Å². The molecule has 1 aliphatic heterocycles. The summed E-state index contributed by atoms with van der Waals surface area (Å²) in [5.41, 5.74) is 0.0125. The van der Waals surface area contributed by atoms with E-state index < -0.39 is 53.2 Å². The van der Waals surface area contributed by atoms with Crippen LogP contribution < -0.4 is 0 Å². The average molecular weight is 552 g/mol. The molecule has 8 nitrogen and oxygen atoms in total. The molecule has 0 saturated heterocycles. The van der Waals surface area contributed by atoms with E-state index >= 15 is 0 Å². The number of nitrogens with zero attached hydrogens (tertiary/aromatic N) is 4. The van der Waals surface area contributed by atoms with E-state index in [1.54, 1.807) is 0 Å². The van der Waals surface area contributed by atoms with Gasteiger partial charge in [-0.05, 0) is 0 Å². The summed E-state index contributed by atoms with van der Waals surface area (Å²) < 4.78 is 27.8. The number of carbonyl (C=O) groups excluding carboxylic acids is 1. The quantitative estimate of drug-likeness (QED) is 0.318. The normalized spacial score (nSPS) is 18.0. The fourth-order valence-electron chi connectivity index (χ4n) is 4.75. The van der Waals surface area contributed by atoms with Crippen molar-refractivity contribution in [1.29, 1.82) is 0 Å². The molecule has 0 aromatic carbocycles. The zero-order valence-corrected chi connectivity index (χ0v) is 27.5. The van der Waals surface area contributed by atoms with Crippen molar-refractivity contribution in [3.8, 4) is 0 Å². The van der Waals surface area contributed by atoms with Gasteiger partial charge in [0.1, 0.15) is 0 Å². The first-order chi connectivity index (χ1) is 13.2. The second-order valence-electron chi connectivity index (χ2n) is 11.6. The maximum atomic E-state index is 12.3. The standard InChI is InChI=1S/C17H42GeN4O4Si4/c1-24-16(23)15-17(25-2)26-18(20-19-15,21(27(3,4)5)28(6,7)8)22(29(9,10)11)30(12,13)14/h1-14H3. The topological polar surface area (TPSA) is 76.0 Å². The van der Waals surface area contributed by atoms with Crippen molar-refractivity contribution in [2.24, 2.45) is 9.19 Å². The third-order valence-electron chi connectivity index (χ3n) is 4.53. The van der Waals surface area contributed by atoms with Crippen molar-refractivity contribution in [3.05, 3.63) is 11.6 Å². The van der Waals surface area contributed by atoms with Gasteiger partial charge in [-0.25, -0.2) is 0 Å². The van der Waals surface area contributed by atoms with E-state index in [0.29, 0.717) is 0 Å². The molecule has 0 bridgehead atoms. The van der Waals surface area contributed by atoms with E-state index in [4.69, 9.17) is 17.3 Å². The third-order valence-corrected chi connectivity index (χ3v) is 45.1. The molecule has 1 heterocycles. The van der Waals surface area contributed by atoms with Crippen LogP contribution in [0.1, 0.15) is 0 Å². The Bertz CT molecular complexity index is 661. The van der Waals surface area contributed by atoms with E-state index in [1.807, 2.05) is 0 Å². The van der Waals surface area contributed by atoms with Crippen LogP contribution in [-0.2, 0) is 18.0 Å². The molecule has 0 saturated carbocycles. The Hall–Kier alpha value is -0.260. The van der Waals surface area contributed by atoms with E-state index in [2.05, 4.69) is 90.1 Å². The number of esters is 1. The van der Waals surface area contributed by atoms with E-state index in [0.717, 1.165) is 0 Å². The molecular weight excluding hydrogens is 509 g/mol. The van der Waals surface area contributed by atoms with Gasteiger partial charge >= 0.3 is 191 Å². The summed E-state index contributed by atoms with van der Waals surface area (Å²) in [5, 5.41) is 4.47. The first-order valence-electron chi connectivity index (χ1n) is 10.3. The SMILES string of the molecule is COC(=O)C1=C(OC)[O][Ge]([N]([Si](C)(C)C)[Si](C)(C)C)([N]([Si](C)(C)C)[Si](C)(C)C)[N]=N1. The zero-order valence-electron chi connectivity index (χ0n) is 21.4. The summed E-state index contributed by atoms with van der Waals surface area (Å²) in [6.45, 7) is 28.3. The Morgan fingerprint density at radius 2 is 1.17 bits per heavy atom. The van der Waals surface area contributed by atoms with Gasteiger partial charge in [0.25, 0.3) is 0 Å². The maximum absolute atomic E-state index is 12.3. The van der Waals surface area contributed by atoms with Crippen LogP contribution in [0.3, 0.4) is 0 Å². The van der Waals surface area contributed by atoms with Gasteiger partial charge in [0.2, 0.25) is 0 Å². The van der Waals surface area contributed by atoms with Crippen LogP contribution in [0.2, 0.25) is 78.6 Å². The molecule has 0 aromatic heterocycles. The van der Waals surface area contributed by atoms with Gasteiger partial charge in [-0.1, -0.05) is 0 Å². The first kappa shape index (κ1) is 27.8. The molecule has 0 spiro atoms. The van der Waals surface area contributed by atoms with E-state index in [9.17, 15) is 4.79 Å². The Balaban J connectivity index is 4.00. The average Bonchev–Trinajstić information content (AvgIpc) is 2.47. The minimum atomic E-state index is -3.91. The van der Waals surface area contributed by atoms with Gasteiger partial charge in [0.15, 0.2) is 0 Å². The minimum absolute atomic E-state index is 0.0125. The van der Waals surface area contributed by atoms with Gasteiger partial charge in [-0.2, -0.15) is 0 Å². The van der Waals surface area contributed by atoms with Crippen molar-refractivity contribution in [2.75, 3.05) is 14.2 Å². The predicted molar refractivity (Wildman–Crippen MR) is 135 cm³/mol. The Labute approximate surface area is 190 Å². The molecule has 13 heteroatoms. The summed E-state index contributed by atoms with van der Waals surface area (Å²) in [6.07, 6.45) is 0. The molecule has 0 aromatic rings. The van der Waals surface area contributed by atoms with Gasteiger partial charge in [0, 0.05) is 0 Å². The molecule has 30 heavy (non-hydrogen) atoms. The monoisotopic (exact) mass is 552 g/mol. The molecule has 0 atom stereocenters. The second-order valence-corrected chi connectivity index (χ2v) is 40.5. The Kier molecular flexibility index (Phi) is 8.28. The van der Waals surface area contributed by atoms with Crippen LogP contribution in [-0.4, -0.2) is 73.8 Å². The number of hydrogen-bond donors (Lipinski definition) is 0. The summed E-state index contributed by atoms with van der Waals surface area (Å²) in [6, 6.07) is 0. The summed E-state index contributed by atoms with van der Waals surface area (Å²) in [7, 11) is -4.73. The summed E-state index contributed by atoms with van der Waals surface area (Å²) in [4.78, 5) is 12.3. The second kappa shape index (κ2) is 8.94. The molecule has 0 N–H and O–H groups in total. The number of methoxy groups -OCH3 is 2. The molecule has 174 valence electrons. The third kappa shape index (κ3) is 5.75. The van der Waals surface area contributed by atoms with Crippen LogP contribution in [0.4, 0.5) is 0 Å². The Morgan fingerprint density at radius 3 is 1.43 bits per heavy atom. The number of hydrogen-bond acceptors (Lipinski definition) is 8. The Morgan fingerprint density at radius 1 is 0.800 bits per heavy atom. The zero-order chi connectivity index (χ0) is 23.9. The first-order valence-corrected chi connectivity index (χ1v) is 27.8. The molecule has 0 unspecified atom stereocenters. The fourth-order valence-corrected chi connectivity index (χ4v) is 55.0. The van der Waals surface area contributed by atoms with Crippen molar-refractivity contribution in [1.82, 2.24) is 6.38 Å². The van der Waals surface area contributed by atoms with Crippen molar-refractivity contribution < 1.29 is 18.0 Å². The van der Waals surface area contributed by atoms with Crippen LogP contribution >= 0.6 is 0 Å². The molecule has 1 rings (SSSR count). The van der Waals surface area contributed by atoms with Gasteiger partial charge < -0.3 is 0 Å². The number of ether oxygens (including phenoxy) is 2. The van der Waals surface area contributed by atoms with Crippen molar-refractivity contribution >= 4 is 53.2 Å². The summed E-state index contributed by atoms with van der Waals surface area (Å²) >= 11 is -3.91. The van der Waals surface area contributed by atoms with Gasteiger partial charge in [0.05, 0.1) is 0 Å². The van der Waals surface area contributed by atoms with Crippen molar-refractivity contribution in [2.45, 2.75) is 78.6 Å². The number of rotatable bonds is 8. The summed E-state index contributed by atoms with van der Waals surface area (Å²) in [5.74, 6) is -0.438. The molecular formula is C17H42GeN4O4Si4. The van der Waals surface area contributed by atoms with E-state index in [1.165, 1.54) is 14.2 Å². The fraction of sp³-hybridized carbons (Fsp3) is 0.824. The van der Waals surface area contributed by atoms with Crippen LogP contribution in [0.15, 0.2) is 20.8 Å². The molecule has 0 fully saturated rings. The van der Waals surface area contributed by atoms with Gasteiger partial charge in [-0.15, -0.1) is 0 Å². The van der Waals surface area contributed by atoms with Crippen LogP contribution in [0.25, 0.3) is 0 Å². The van der Waals surface area contributed by atoms with Crippen molar-refractivity contribution in [3.63, 3.8) is 0 Å². The molecule has 0 radical (unpaired) electrons. The van der Waals surface area contributed by atoms with Crippen LogP contribution in [0.5, 0.6) is 0 Å². The molecule has 0 amide bonds. The molecule has 0 aliphatic carbocycles. The van der Waals surface area contributed by atoms with E-state index in [-0.39, 0.29) is 11.6 Å². The number of carbonyl (C=O) groups is 1. The molecule has 1 aliphatic rings.